The van der Waals surface area contributed by atoms with E-state index in [0.29, 0.717) is 188 Å². The molecule has 8 rings (SSSR count). The molecule has 4 aromatic rings. The predicted octanol–water partition coefficient (Wildman–Crippen LogP) is 6.73. The standard InChI is InChI=1S/C62H82Cl2N10O12S2/c1-41-27-49(9-11-57(41)85-59-53-31-47(63)29-45(35-65)51(53)33-55(59)71(3)4)87(77,78)73-19-13-43(37-73)39-83-25-23-81-21-17-69-61(75)67-15-7-8-16-68-62(76)70-18-22-82-24-26-84-40-44-14-20-74(38-44)88(79,80)50-10-12-58(42(2)28-50)86-60-54-32-48(64)30-46(36-66)52(54)34-56(60)72(5)6/h9-12,27-32,43-44,55-56,59-60H,7-8,13-26,33-34,37-40H2,1-6H3,(H2,67,69,75)(H2,68,70,76)/t43-,44-,55-,56-,59-,60-/m0/s1. The molecule has 0 unspecified atom stereocenters. The van der Waals surface area contributed by atoms with Crippen LogP contribution in [0, 0.1) is 48.3 Å². The summed E-state index contributed by atoms with van der Waals surface area (Å²) in [6, 6.07) is 20.7. The Morgan fingerprint density at radius 1 is 0.568 bits per heavy atom. The molecule has 4 aliphatic rings. The van der Waals surface area contributed by atoms with Gasteiger partial charge in [0.2, 0.25) is 20.0 Å². The number of nitrogens with one attached hydrogen (secondary N) is 4. The molecule has 6 atom stereocenters. The number of urea groups is 2. The minimum absolute atomic E-state index is 0.0364. The van der Waals surface area contributed by atoms with Crippen molar-refractivity contribution in [3.63, 3.8) is 0 Å². The first-order valence-electron chi connectivity index (χ1n) is 29.8. The zero-order valence-corrected chi connectivity index (χ0v) is 54.1. The number of carbonyl (C=O) groups is 2. The summed E-state index contributed by atoms with van der Waals surface area (Å²) in [4.78, 5) is 29.0. The fourth-order valence-corrected chi connectivity index (χ4v) is 15.3. The third-order valence-corrected chi connectivity index (χ3v) is 20.6. The minimum Gasteiger partial charge on any atom is -0.484 e. The van der Waals surface area contributed by atoms with Crippen LogP contribution in [-0.4, -0.2) is 193 Å². The second-order valence-electron chi connectivity index (χ2n) is 23.2. The molecule has 0 saturated carbocycles. The fourth-order valence-electron chi connectivity index (χ4n) is 11.6. The number of likely N-dealkylation sites (N-methyl/N-ethyl adjacent to an activating group) is 2. The van der Waals surface area contributed by atoms with Crippen molar-refractivity contribution in [1.82, 2.24) is 39.7 Å². The highest BCUT2D eigenvalue weighted by Crippen LogP contribution is 2.43. The average molecular weight is 1290 g/mol. The van der Waals surface area contributed by atoms with Gasteiger partial charge in [-0.25, -0.2) is 26.4 Å². The van der Waals surface area contributed by atoms with Crippen LogP contribution in [0.2, 0.25) is 10.0 Å². The Bertz CT molecular complexity index is 3180. The van der Waals surface area contributed by atoms with Gasteiger partial charge in [0.05, 0.1) is 98.0 Å². The van der Waals surface area contributed by atoms with Crippen LogP contribution in [0.1, 0.15) is 82.4 Å². The molecule has 2 fully saturated rings. The summed E-state index contributed by atoms with van der Waals surface area (Å²) >= 11 is 12.8. The molecular formula is C62H82Cl2N10O12S2. The summed E-state index contributed by atoms with van der Waals surface area (Å²) in [6.45, 7) is 9.25. The number of ether oxygens (including phenoxy) is 6. The Labute approximate surface area is 528 Å². The van der Waals surface area contributed by atoms with Gasteiger partial charge in [0.25, 0.3) is 0 Å². The number of amides is 4. The van der Waals surface area contributed by atoms with Gasteiger partial charge in [0.1, 0.15) is 23.7 Å². The van der Waals surface area contributed by atoms with Crippen LogP contribution in [0.5, 0.6) is 11.5 Å². The van der Waals surface area contributed by atoms with Crippen molar-refractivity contribution in [3.8, 4) is 23.6 Å². The van der Waals surface area contributed by atoms with Crippen molar-refractivity contribution >= 4 is 55.3 Å². The van der Waals surface area contributed by atoms with Crippen molar-refractivity contribution in [2.24, 2.45) is 11.8 Å². The van der Waals surface area contributed by atoms with E-state index in [1.54, 1.807) is 48.5 Å². The number of hydrogen-bond donors (Lipinski definition) is 4. The van der Waals surface area contributed by atoms with Crippen molar-refractivity contribution < 1.29 is 54.8 Å². The smallest absolute Gasteiger partial charge is 0.314 e. The van der Waals surface area contributed by atoms with E-state index >= 15 is 0 Å². The number of fused-ring (bicyclic) bond motifs is 2. The molecule has 0 spiro atoms. The summed E-state index contributed by atoms with van der Waals surface area (Å²) < 4.78 is 93.9. The summed E-state index contributed by atoms with van der Waals surface area (Å²) in [5.74, 6) is 1.19. The molecular weight excluding hydrogens is 1210 g/mol. The van der Waals surface area contributed by atoms with Crippen molar-refractivity contribution in [2.75, 3.05) is 133 Å². The first-order chi connectivity index (χ1) is 42.2. The Hall–Kier alpha value is -5.84. The summed E-state index contributed by atoms with van der Waals surface area (Å²) in [7, 11) is 0.342. The van der Waals surface area contributed by atoms with Crippen LogP contribution in [-0.2, 0) is 51.8 Å². The number of unbranched alkanes of at least 4 members (excludes halogenated alkanes) is 1. The van der Waals surface area contributed by atoms with E-state index in [2.05, 4.69) is 43.2 Å². The van der Waals surface area contributed by atoms with Crippen LogP contribution < -0.4 is 30.7 Å². The molecule has 0 radical (unpaired) electrons. The first-order valence-corrected chi connectivity index (χ1v) is 33.5. The number of hydrogen-bond acceptors (Lipinski definition) is 16. The van der Waals surface area contributed by atoms with E-state index in [1.807, 2.05) is 54.2 Å². The van der Waals surface area contributed by atoms with Gasteiger partial charge in [-0.3, -0.25) is 0 Å². The van der Waals surface area contributed by atoms with Gasteiger partial charge < -0.3 is 59.5 Å². The van der Waals surface area contributed by atoms with Crippen LogP contribution in [0.25, 0.3) is 0 Å². The largest absolute Gasteiger partial charge is 0.484 e. The van der Waals surface area contributed by atoms with Gasteiger partial charge >= 0.3 is 12.1 Å². The number of sulfonamides is 2. The Balaban J connectivity index is 0.597. The third kappa shape index (κ3) is 17.6. The highest BCUT2D eigenvalue weighted by molar-refractivity contribution is 7.89. The second-order valence-corrected chi connectivity index (χ2v) is 27.9. The number of rotatable bonds is 31. The molecule has 2 saturated heterocycles. The maximum absolute atomic E-state index is 13.7. The first kappa shape index (κ1) is 68.1. The molecule has 4 N–H and O–H groups in total. The Kier molecular flexibility index (Phi) is 24.6. The van der Waals surface area contributed by atoms with Crippen LogP contribution in [0.3, 0.4) is 0 Å². The quantitative estimate of drug-likeness (QED) is 0.0380. The van der Waals surface area contributed by atoms with Crippen molar-refractivity contribution in [2.45, 2.75) is 86.5 Å². The summed E-state index contributed by atoms with van der Waals surface area (Å²) in [6.07, 6.45) is 3.13. The fraction of sp³-hybridized carbons (Fsp3) is 0.548. The van der Waals surface area contributed by atoms with E-state index in [1.165, 1.54) is 8.61 Å². The number of nitriles is 2. The van der Waals surface area contributed by atoms with Crippen molar-refractivity contribution in [1.29, 1.82) is 10.5 Å². The molecule has 4 amide bonds. The molecule has 4 aromatic carbocycles. The van der Waals surface area contributed by atoms with Gasteiger partial charge in [0.15, 0.2) is 0 Å². The lowest BCUT2D eigenvalue weighted by Gasteiger charge is -2.28. The molecule has 2 heterocycles. The third-order valence-electron chi connectivity index (χ3n) is 16.5. The second kappa shape index (κ2) is 31.8. The predicted molar refractivity (Wildman–Crippen MR) is 333 cm³/mol. The zero-order chi connectivity index (χ0) is 63.1. The number of benzene rings is 4. The molecule has 0 bridgehead atoms. The normalized spacial score (nSPS) is 20.2. The molecule has 88 heavy (non-hydrogen) atoms. The molecule has 2 aliphatic carbocycles. The van der Waals surface area contributed by atoms with Crippen LogP contribution in [0.4, 0.5) is 9.59 Å². The van der Waals surface area contributed by atoms with E-state index in [9.17, 15) is 36.9 Å². The SMILES string of the molecule is Cc1cc(S(=O)(=O)N2CC[C@H](COCCOCCNC(=O)NCCCCNC(=O)NCCOCCOC[C@H]3CCN(S(=O)(=O)c4ccc(O[C@H]5c6cc(Cl)cc(C#N)c6C[C@@H]5N(C)C)c(C)c4)C3)C2)ccc1O[C@H]1c2cc(Cl)cc(C#N)c2C[C@@H]1N(C)C. The topological polar surface area (TPSA) is 266 Å². The lowest BCUT2D eigenvalue weighted by Crippen LogP contribution is -2.39. The summed E-state index contributed by atoms with van der Waals surface area (Å²) in [5, 5.41) is 31.5. The van der Waals surface area contributed by atoms with E-state index in [4.69, 9.17) is 51.6 Å². The van der Waals surface area contributed by atoms with Crippen molar-refractivity contribution in [3.05, 3.63) is 115 Å². The van der Waals surface area contributed by atoms with E-state index in [-0.39, 0.29) is 45.8 Å². The Morgan fingerprint density at radius 3 is 1.33 bits per heavy atom. The molecule has 26 heteroatoms. The number of halogens is 2. The Morgan fingerprint density at radius 2 is 0.955 bits per heavy atom. The van der Waals surface area contributed by atoms with Gasteiger partial charge in [-0.2, -0.15) is 19.1 Å². The van der Waals surface area contributed by atoms with E-state index in [0.717, 1.165) is 22.3 Å². The molecule has 0 aromatic heterocycles. The molecule has 478 valence electrons. The van der Waals surface area contributed by atoms with Crippen LogP contribution in [0.15, 0.2) is 70.5 Å². The number of aryl methyl sites for hydroxylation is 2. The highest BCUT2D eigenvalue weighted by Gasteiger charge is 2.41. The lowest BCUT2D eigenvalue weighted by atomic mass is 10.0. The number of carbonyl (C=O) groups excluding carboxylic acids is 2. The van der Waals surface area contributed by atoms with E-state index < -0.39 is 32.3 Å². The highest BCUT2D eigenvalue weighted by atomic mass is 35.5. The lowest BCUT2D eigenvalue weighted by molar-refractivity contribution is 0.0366. The number of nitrogens with zero attached hydrogens (tertiary/aromatic N) is 6. The van der Waals surface area contributed by atoms with Gasteiger partial charge in [0, 0.05) is 62.4 Å². The summed E-state index contributed by atoms with van der Waals surface area (Å²) in [5.41, 5.74) is 5.98. The van der Waals surface area contributed by atoms with Gasteiger partial charge in [-0.1, -0.05) is 23.2 Å². The van der Waals surface area contributed by atoms with Crippen LogP contribution >= 0.6 is 23.2 Å². The van der Waals surface area contributed by atoms with Gasteiger partial charge in [-0.15, -0.1) is 0 Å². The average Bonchev–Trinajstić information content (AvgIpc) is 2.33. The monoisotopic (exact) mass is 1290 g/mol. The van der Waals surface area contributed by atoms with Gasteiger partial charge in [-0.05, 0) is 186 Å². The minimum atomic E-state index is -3.76. The molecule has 22 nitrogen and oxygen atoms in total. The zero-order valence-electron chi connectivity index (χ0n) is 50.9. The molecule has 2 aliphatic heterocycles. The maximum Gasteiger partial charge on any atom is 0.314 e. The maximum atomic E-state index is 13.7.